The van der Waals surface area contributed by atoms with Gasteiger partial charge in [-0.1, -0.05) is 32.9 Å². The average molecular weight is 258 g/mol. The lowest BCUT2D eigenvalue weighted by Gasteiger charge is -2.19. The van der Waals surface area contributed by atoms with E-state index >= 15 is 0 Å². The molecule has 2 rings (SSSR count). The molecule has 1 aromatic heterocycles. The fraction of sp³-hybridized carbons (Fsp3) is 0.438. The first-order valence-electron chi connectivity index (χ1n) is 6.68. The Morgan fingerprint density at radius 3 is 2.68 bits per heavy atom. The number of benzene rings is 1. The van der Waals surface area contributed by atoms with E-state index in [4.69, 9.17) is 4.74 Å². The van der Waals surface area contributed by atoms with Crippen molar-refractivity contribution in [1.29, 1.82) is 0 Å². The van der Waals surface area contributed by atoms with E-state index < -0.39 is 0 Å². The molecule has 0 atom stereocenters. The van der Waals surface area contributed by atoms with Crippen molar-refractivity contribution in [1.82, 2.24) is 9.55 Å². The zero-order valence-corrected chi connectivity index (χ0v) is 12.2. The fourth-order valence-corrected chi connectivity index (χ4v) is 1.95. The van der Waals surface area contributed by atoms with Crippen molar-refractivity contribution < 1.29 is 4.74 Å². The molecule has 0 aliphatic carbocycles. The lowest BCUT2D eigenvalue weighted by molar-refractivity contribution is 0.296. The molecule has 0 fully saturated rings. The Morgan fingerprint density at radius 1 is 1.26 bits per heavy atom. The Morgan fingerprint density at radius 2 is 2.05 bits per heavy atom. The second kappa shape index (κ2) is 5.47. The molecule has 102 valence electrons. The van der Waals surface area contributed by atoms with E-state index in [-0.39, 0.29) is 5.41 Å². The Labute approximate surface area is 115 Å². The second-order valence-corrected chi connectivity index (χ2v) is 5.79. The van der Waals surface area contributed by atoms with E-state index in [1.165, 1.54) is 5.56 Å². The zero-order valence-electron chi connectivity index (χ0n) is 12.2. The van der Waals surface area contributed by atoms with Gasteiger partial charge in [0.2, 0.25) is 0 Å². The number of hydrogen-bond acceptors (Lipinski definition) is 2. The predicted molar refractivity (Wildman–Crippen MR) is 77.6 cm³/mol. The maximum Gasteiger partial charge on any atom is 0.119 e. The van der Waals surface area contributed by atoms with Gasteiger partial charge >= 0.3 is 0 Å². The van der Waals surface area contributed by atoms with Crippen LogP contribution in [0.2, 0.25) is 0 Å². The van der Waals surface area contributed by atoms with Crippen LogP contribution in [0.3, 0.4) is 0 Å². The van der Waals surface area contributed by atoms with Gasteiger partial charge in [0.25, 0.3) is 0 Å². The number of rotatable bonds is 4. The molecule has 0 bridgehead atoms. The lowest BCUT2D eigenvalue weighted by Crippen LogP contribution is -2.12. The second-order valence-electron chi connectivity index (χ2n) is 5.79. The van der Waals surface area contributed by atoms with Gasteiger partial charge < -0.3 is 9.30 Å². The van der Waals surface area contributed by atoms with Crippen LogP contribution < -0.4 is 4.74 Å². The summed E-state index contributed by atoms with van der Waals surface area (Å²) in [5.41, 5.74) is 1.45. The number of imidazole rings is 1. The molecule has 0 aliphatic rings. The van der Waals surface area contributed by atoms with Gasteiger partial charge in [-0.2, -0.15) is 0 Å². The molecule has 0 aliphatic heterocycles. The summed E-state index contributed by atoms with van der Waals surface area (Å²) >= 11 is 0. The SMILES string of the molecule is Cc1nccn1CCOc1cccc(C(C)(C)C)c1. The Kier molecular flexibility index (Phi) is 3.93. The number of aromatic nitrogens is 2. The number of ether oxygens (including phenoxy) is 1. The lowest BCUT2D eigenvalue weighted by atomic mass is 9.87. The summed E-state index contributed by atoms with van der Waals surface area (Å²) in [6.07, 6.45) is 3.79. The van der Waals surface area contributed by atoms with E-state index in [0.717, 1.165) is 18.1 Å². The van der Waals surface area contributed by atoms with Gasteiger partial charge in [-0.25, -0.2) is 4.98 Å². The van der Waals surface area contributed by atoms with Crippen LogP contribution in [0.4, 0.5) is 0 Å². The van der Waals surface area contributed by atoms with Crippen LogP contribution in [0.1, 0.15) is 32.2 Å². The van der Waals surface area contributed by atoms with Gasteiger partial charge in [0.1, 0.15) is 18.2 Å². The molecule has 19 heavy (non-hydrogen) atoms. The molecule has 0 unspecified atom stereocenters. The van der Waals surface area contributed by atoms with Gasteiger partial charge in [-0.15, -0.1) is 0 Å². The monoisotopic (exact) mass is 258 g/mol. The number of hydrogen-bond donors (Lipinski definition) is 0. The minimum absolute atomic E-state index is 0.153. The van der Waals surface area contributed by atoms with E-state index in [1.807, 2.05) is 25.4 Å². The molecule has 0 spiro atoms. The quantitative estimate of drug-likeness (QED) is 0.838. The summed E-state index contributed by atoms with van der Waals surface area (Å²) in [5, 5.41) is 0. The van der Waals surface area contributed by atoms with E-state index in [9.17, 15) is 0 Å². The summed E-state index contributed by atoms with van der Waals surface area (Å²) in [6.45, 7) is 10.1. The molecule has 0 saturated carbocycles. The van der Waals surface area contributed by atoms with Crippen molar-refractivity contribution in [3.05, 3.63) is 48.0 Å². The van der Waals surface area contributed by atoms with Gasteiger partial charge in [-0.3, -0.25) is 0 Å². The normalized spacial score (nSPS) is 11.6. The van der Waals surface area contributed by atoms with Gasteiger partial charge in [-0.05, 0) is 30.0 Å². The third-order valence-electron chi connectivity index (χ3n) is 3.22. The summed E-state index contributed by atoms with van der Waals surface area (Å²) in [4.78, 5) is 4.20. The van der Waals surface area contributed by atoms with Gasteiger partial charge in [0.15, 0.2) is 0 Å². The molecule has 0 amide bonds. The van der Waals surface area contributed by atoms with E-state index in [0.29, 0.717) is 6.61 Å². The molecule has 0 N–H and O–H groups in total. The molecule has 3 nitrogen and oxygen atoms in total. The topological polar surface area (TPSA) is 27.1 Å². The van der Waals surface area contributed by atoms with Crippen LogP contribution in [-0.4, -0.2) is 16.2 Å². The maximum atomic E-state index is 5.82. The van der Waals surface area contributed by atoms with Crippen LogP contribution in [0, 0.1) is 6.92 Å². The van der Waals surface area contributed by atoms with Gasteiger partial charge in [0.05, 0.1) is 6.54 Å². The highest BCUT2D eigenvalue weighted by Gasteiger charge is 2.13. The molecule has 0 saturated heterocycles. The van der Waals surface area contributed by atoms with Crippen molar-refractivity contribution in [3.8, 4) is 5.75 Å². The summed E-state index contributed by atoms with van der Waals surface area (Å²) in [7, 11) is 0. The minimum atomic E-state index is 0.153. The fourth-order valence-electron chi connectivity index (χ4n) is 1.95. The van der Waals surface area contributed by atoms with Crippen molar-refractivity contribution in [2.24, 2.45) is 0 Å². The minimum Gasteiger partial charge on any atom is -0.492 e. The summed E-state index contributed by atoms with van der Waals surface area (Å²) < 4.78 is 7.91. The smallest absolute Gasteiger partial charge is 0.119 e. The highest BCUT2D eigenvalue weighted by molar-refractivity contribution is 5.32. The predicted octanol–water partition coefficient (Wildman–Crippen LogP) is 3.57. The first kappa shape index (κ1) is 13.7. The largest absolute Gasteiger partial charge is 0.492 e. The van der Waals surface area contributed by atoms with Gasteiger partial charge in [0, 0.05) is 12.4 Å². The Balaban J connectivity index is 1.95. The van der Waals surface area contributed by atoms with E-state index in [1.54, 1.807) is 0 Å². The molecule has 2 aromatic rings. The zero-order chi connectivity index (χ0) is 13.9. The van der Waals surface area contributed by atoms with Crippen molar-refractivity contribution in [2.45, 2.75) is 39.7 Å². The summed E-state index contributed by atoms with van der Waals surface area (Å²) in [5.74, 6) is 1.96. The molecular weight excluding hydrogens is 236 g/mol. The van der Waals surface area contributed by atoms with Crippen LogP contribution >= 0.6 is 0 Å². The highest BCUT2D eigenvalue weighted by atomic mass is 16.5. The number of nitrogens with zero attached hydrogens (tertiary/aromatic N) is 2. The maximum absolute atomic E-state index is 5.82. The van der Waals surface area contributed by atoms with E-state index in [2.05, 4.69) is 48.5 Å². The molecule has 1 heterocycles. The Hall–Kier alpha value is -1.77. The first-order chi connectivity index (χ1) is 8.97. The average Bonchev–Trinajstić information content (AvgIpc) is 2.75. The number of aryl methyl sites for hydroxylation is 1. The van der Waals surface area contributed by atoms with Crippen molar-refractivity contribution >= 4 is 0 Å². The molecule has 3 heteroatoms. The third kappa shape index (κ3) is 3.60. The first-order valence-corrected chi connectivity index (χ1v) is 6.68. The molecule has 1 aromatic carbocycles. The van der Waals surface area contributed by atoms with Crippen LogP contribution in [-0.2, 0) is 12.0 Å². The highest BCUT2D eigenvalue weighted by Crippen LogP contribution is 2.25. The van der Waals surface area contributed by atoms with Crippen LogP contribution in [0.5, 0.6) is 5.75 Å². The van der Waals surface area contributed by atoms with Crippen LogP contribution in [0.15, 0.2) is 36.7 Å². The molecule has 0 radical (unpaired) electrons. The third-order valence-corrected chi connectivity index (χ3v) is 3.22. The summed E-state index contributed by atoms with van der Waals surface area (Å²) in [6, 6.07) is 8.34. The molecular formula is C16H22N2O. The van der Waals surface area contributed by atoms with Crippen molar-refractivity contribution in [2.75, 3.05) is 6.61 Å². The standard InChI is InChI=1S/C16H22N2O/c1-13-17-8-9-18(13)10-11-19-15-7-5-6-14(12-15)16(2,3)4/h5-9,12H,10-11H2,1-4H3. The Bertz CT molecular complexity index is 538. The van der Waals surface area contributed by atoms with Crippen molar-refractivity contribution in [3.63, 3.8) is 0 Å². The van der Waals surface area contributed by atoms with Crippen LogP contribution in [0.25, 0.3) is 0 Å².